The molecule has 0 amide bonds. The second-order valence-electron chi connectivity index (χ2n) is 4.83. The Bertz CT molecular complexity index is 802. The van der Waals surface area contributed by atoms with E-state index < -0.39 is 10.0 Å². The van der Waals surface area contributed by atoms with Gasteiger partial charge in [0.1, 0.15) is 16.4 Å². The Morgan fingerprint density at radius 1 is 1.43 bits per heavy atom. The van der Waals surface area contributed by atoms with Crippen molar-refractivity contribution in [3.8, 4) is 0 Å². The van der Waals surface area contributed by atoms with Crippen LogP contribution in [0.3, 0.4) is 0 Å². The van der Waals surface area contributed by atoms with E-state index in [0.717, 1.165) is 5.56 Å². The second-order valence-corrected chi connectivity index (χ2v) is 7.06. The first-order valence-electron chi connectivity index (χ1n) is 6.31. The average molecular weight is 327 g/mol. The zero-order valence-corrected chi connectivity index (χ0v) is 13.1. The van der Waals surface area contributed by atoms with Gasteiger partial charge in [-0.25, -0.2) is 18.4 Å². The Morgan fingerprint density at radius 3 is 2.86 bits per heavy atom. The monoisotopic (exact) mass is 326 g/mol. The lowest BCUT2D eigenvalue weighted by molar-refractivity contribution is 0.384. The third-order valence-corrected chi connectivity index (χ3v) is 6.00. The highest BCUT2D eigenvalue weighted by molar-refractivity contribution is 7.89. The molecule has 0 aliphatic carbocycles. The SMILES string of the molecule is Cc1nn(C)c(Cl)c1S(=O)(=O)N1CCc2[c]ncnc2C1. The van der Waals surface area contributed by atoms with Crippen LogP contribution in [0.25, 0.3) is 0 Å². The molecule has 3 heterocycles. The molecule has 0 aromatic carbocycles. The van der Waals surface area contributed by atoms with E-state index in [1.54, 1.807) is 14.0 Å². The number of sulfonamides is 1. The van der Waals surface area contributed by atoms with Gasteiger partial charge in [0, 0.05) is 19.2 Å². The molecule has 2 aromatic rings. The van der Waals surface area contributed by atoms with Crippen LogP contribution in [-0.4, -0.2) is 39.0 Å². The Balaban J connectivity index is 2.01. The van der Waals surface area contributed by atoms with Crippen molar-refractivity contribution in [1.29, 1.82) is 0 Å². The minimum absolute atomic E-state index is 0.0631. The Labute approximate surface area is 127 Å². The van der Waals surface area contributed by atoms with Crippen molar-refractivity contribution in [2.45, 2.75) is 24.8 Å². The van der Waals surface area contributed by atoms with Crippen molar-refractivity contribution >= 4 is 21.6 Å². The molecule has 1 aliphatic heterocycles. The molecule has 21 heavy (non-hydrogen) atoms. The van der Waals surface area contributed by atoms with Crippen LogP contribution in [0.2, 0.25) is 5.15 Å². The lowest BCUT2D eigenvalue weighted by Gasteiger charge is -2.26. The molecule has 0 saturated carbocycles. The van der Waals surface area contributed by atoms with E-state index in [-0.39, 0.29) is 16.6 Å². The van der Waals surface area contributed by atoms with Crippen LogP contribution in [0.4, 0.5) is 0 Å². The molecule has 0 bridgehead atoms. The summed E-state index contributed by atoms with van der Waals surface area (Å²) in [5.74, 6) is 0. The van der Waals surface area contributed by atoms with Gasteiger partial charge >= 0.3 is 0 Å². The van der Waals surface area contributed by atoms with Gasteiger partial charge in [-0.15, -0.1) is 0 Å². The van der Waals surface area contributed by atoms with Gasteiger partial charge < -0.3 is 0 Å². The molecule has 0 spiro atoms. The standard InChI is InChI=1S/C12H13ClN5O2S/c1-8-11(12(13)17(2)16-8)21(19,20)18-4-3-9-5-14-7-15-10(9)6-18/h7H,3-4,6H2,1-2H3. The minimum atomic E-state index is -3.70. The topological polar surface area (TPSA) is 81.0 Å². The number of hydrogen-bond donors (Lipinski definition) is 0. The zero-order valence-electron chi connectivity index (χ0n) is 11.5. The van der Waals surface area contributed by atoms with E-state index in [0.29, 0.717) is 24.4 Å². The van der Waals surface area contributed by atoms with Crippen molar-refractivity contribution in [3.05, 3.63) is 34.6 Å². The van der Waals surface area contributed by atoms with E-state index in [1.165, 1.54) is 15.3 Å². The van der Waals surface area contributed by atoms with Crippen LogP contribution in [0, 0.1) is 13.1 Å². The molecule has 1 aliphatic rings. The van der Waals surface area contributed by atoms with Crippen LogP contribution in [0.1, 0.15) is 17.0 Å². The van der Waals surface area contributed by atoms with Crippen molar-refractivity contribution in [2.24, 2.45) is 7.05 Å². The Morgan fingerprint density at radius 2 is 2.19 bits per heavy atom. The van der Waals surface area contributed by atoms with Crippen molar-refractivity contribution < 1.29 is 8.42 Å². The number of fused-ring (bicyclic) bond motifs is 1. The van der Waals surface area contributed by atoms with Gasteiger partial charge in [-0.2, -0.15) is 9.40 Å². The van der Waals surface area contributed by atoms with E-state index in [2.05, 4.69) is 21.3 Å². The van der Waals surface area contributed by atoms with Gasteiger partial charge in [-0.3, -0.25) is 4.68 Å². The molecular weight excluding hydrogens is 314 g/mol. The fourth-order valence-corrected chi connectivity index (χ4v) is 4.51. The predicted molar refractivity (Wildman–Crippen MR) is 75.1 cm³/mol. The fourth-order valence-electron chi connectivity index (χ4n) is 2.40. The molecule has 0 saturated heterocycles. The highest BCUT2D eigenvalue weighted by Crippen LogP contribution is 2.29. The normalized spacial score (nSPS) is 16.0. The smallest absolute Gasteiger partial charge is 0.248 e. The lowest BCUT2D eigenvalue weighted by Crippen LogP contribution is -2.36. The third kappa shape index (κ3) is 2.33. The van der Waals surface area contributed by atoms with Gasteiger partial charge in [-0.05, 0) is 13.3 Å². The first kappa shape index (κ1) is 14.4. The minimum Gasteiger partial charge on any atom is -0.255 e. The molecule has 0 atom stereocenters. The van der Waals surface area contributed by atoms with Crippen LogP contribution in [0.15, 0.2) is 11.2 Å². The molecular formula is C12H13ClN5O2S. The van der Waals surface area contributed by atoms with Crippen LogP contribution in [0.5, 0.6) is 0 Å². The van der Waals surface area contributed by atoms with Gasteiger partial charge in [-0.1, -0.05) is 11.6 Å². The molecule has 0 N–H and O–H groups in total. The number of aryl methyl sites for hydroxylation is 2. The summed E-state index contributed by atoms with van der Waals surface area (Å²) in [5, 5.41) is 4.18. The second kappa shape index (κ2) is 5.04. The summed E-state index contributed by atoms with van der Waals surface area (Å²) in [6.07, 6.45) is 4.76. The molecule has 7 nitrogen and oxygen atoms in total. The van der Waals surface area contributed by atoms with Crippen molar-refractivity contribution in [3.63, 3.8) is 0 Å². The van der Waals surface area contributed by atoms with Crippen molar-refractivity contribution in [1.82, 2.24) is 24.1 Å². The lowest BCUT2D eigenvalue weighted by atomic mass is 10.1. The van der Waals surface area contributed by atoms with Crippen LogP contribution < -0.4 is 0 Å². The fraction of sp³-hybridized carbons (Fsp3) is 0.417. The summed E-state index contributed by atoms with van der Waals surface area (Å²) in [5.41, 5.74) is 1.93. The number of halogens is 1. The largest absolute Gasteiger partial charge is 0.255 e. The number of nitrogens with zero attached hydrogens (tertiary/aromatic N) is 5. The predicted octanol–water partition coefficient (Wildman–Crippen LogP) is 0.719. The maximum atomic E-state index is 12.8. The summed E-state index contributed by atoms with van der Waals surface area (Å²) < 4.78 is 28.3. The van der Waals surface area contributed by atoms with Gasteiger partial charge in [0.25, 0.3) is 0 Å². The summed E-state index contributed by atoms with van der Waals surface area (Å²) in [4.78, 5) is 8.02. The van der Waals surface area contributed by atoms with Gasteiger partial charge in [0.2, 0.25) is 10.0 Å². The summed E-state index contributed by atoms with van der Waals surface area (Å²) in [7, 11) is -2.09. The number of aromatic nitrogens is 4. The van der Waals surface area contributed by atoms with Crippen LogP contribution in [-0.2, 0) is 30.0 Å². The first-order chi connectivity index (χ1) is 9.91. The van der Waals surface area contributed by atoms with Gasteiger partial charge in [0.05, 0.1) is 24.1 Å². The molecule has 1 radical (unpaired) electrons. The highest BCUT2D eigenvalue weighted by Gasteiger charge is 2.34. The molecule has 0 fully saturated rings. The Kier molecular flexibility index (Phi) is 3.46. The average Bonchev–Trinajstić information content (AvgIpc) is 2.72. The van der Waals surface area contributed by atoms with E-state index in [1.807, 2.05) is 0 Å². The highest BCUT2D eigenvalue weighted by atomic mass is 35.5. The molecule has 111 valence electrons. The molecule has 2 aromatic heterocycles. The summed E-state index contributed by atoms with van der Waals surface area (Å²) >= 11 is 6.08. The quantitative estimate of drug-likeness (QED) is 0.812. The van der Waals surface area contributed by atoms with E-state index in [4.69, 9.17) is 11.6 Å². The zero-order chi connectivity index (χ0) is 15.2. The van der Waals surface area contributed by atoms with Crippen molar-refractivity contribution in [2.75, 3.05) is 6.54 Å². The van der Waals surface area contributed by atoms with Gasteiger partial charge in [0.15, 0.2) is 0 Å². The Hall–Kier alpha value is -1.51. The molecule has 9 heteroatoms. The first-order valence-corrected chi connectivity index (χ1v) is 8.12. The maximum Gasteiger partial charge on any atom is 0.248 e. The number of rotatable bonds is 2. The summed E-state index contributed by atoms with van der Waals surface area (Å²) in [6, 6.07) is 0. The van der Waals surface area contributed by atoms with Crippen LogP contribution >= 0.6 is 11.6 Å². The summed E-state index contributed by atoms with van der Waals surface area (Å²) in [6.45, 7) is 2.18. The number of hydrogen-bond acceptors (Lipinski definition) is 5. The third-order valence-electron chi connectivity index (χ3n) is 3.45. The maximum absolute atomic E-state index is 12.8. The molecule has 0 unspecified atom stereocenters. The molecule has 3 rings (SSSR count). The van der Waals surface area contributed by atoms with E-state index >= 15 is 0 Å². The van der Waals surface area contributed by atoms with E-state index in [9.17, 15) is 8.42 Å².